The Morgan fingerprint density at radius 2 is 1.71 bits per heavy atom. The second-order valence-electron chi connectivity index (χ2n) is 7.20. The van der Waals surface area contributed by atoms with Gasteiger partial charge in [0.1, 0.15) is 11.6 Å². The van der Waals surface area contributed by atoms with Crippen LogP contribution in [0.3, 0.4) is 0 Å². The van der Waals surface area contributed by atoms with Crippen molar-refractivity contribution in [1.82, 2.24) is 13.9 Å². The molecule has 1 N–H and O–H groups in total. The van der Waals surface area contributed by atoms with Gasteiger partial charge in [-0.1, -0.05) is 31.5 Å². The van der Waals surface area contributed by atoms with Gasteiger partial charge in [-0.15, -0.1) is 10.2 Å². The molecule has 3 aromatic rings. The van der Waals surface area contributed by atoms with Crippen LogP contribution >= 0.6 is 0 Å². The second kappa shape index (κ2) is 8.83. The van der Waals surface area contributed by atoms with Crippen LogP contribution in [0, 0.1) is 25.2 Å². The first-order valence-corrected chi connectivity index (χ1v) is 9.95. The quantitative estimate of drug-likeness (QED) is 0.611. The molecule has 0 aliphatic heterocycles. The Morgan fingerprint density at radius 1 is 1.06 bits per heavy atom. The van der Waals surface area contributed by atoms with Crippen LogP contribution in [0.4, 0.5) is 11.4 Å². The van der Waals surface area contributed by atoms with Crippen LogP contribution in [-0.2, 0) is 13.6 Å². The standard InChI is InChI=1S/C22H24N6O3/c1-5-6-12-27-20(29)17(13-23)14(2)18(21(27)30)24-25-19-15(3)26(4)28(22(19)31)16-10-8-7-9-11-16/h7-11,30H,5-6,12H2,1-4H3/b25-24+. The van der Waals surface area contributed by atoms with Gasteiger partial charge in [0.2, 0.25) is 5.88 Å². The van der Waals surface area contributed by atoms with Gasteiger partial charge in [-0.2, -0.15) is 5.26 Å². The predicted molar refractivity (Wildman–Crippen MR) is 117 cm³/mol. The van der Waals surface area contributed by atoms with Crippen LogP contribution in [0.5, 0.6) is 5.88 Å². The summed E-state index contributed by atoms with van der Waals surface area (Å²) < 4.78 is 4.27. The lowest BCUT2D eigenvalue weighted by Crippen LogP contribution is -2.24. The van der Waals surface area contributed by atoms with Crippen molar-refractivity contribution in [3.05, 3.63) is 67.9 Å². The highest BCUT2D eigenvalue weighted by molar-refractivity contribution is 5.59. The minimum Gasteiger partial charge on any atom is -0.493 e. The molecule has 9 nitrogen and oxygen atoms in total. The molecule has 0 saturated carbocycles. The molecule has 0 amide bonds. The first-order chi connectivity index (χ1) is 14.8. The number of azo groups is 1. The van der Waals surface area contributed by atoms with Crippen LogP contribution in [-0.4, -0.2) is 19.0 Å². The molecule has 3 rings (SSSR count). The van der Waals surface area contributed by atoms with Gasteiger partial charge in [-0.25, -0.2) is 4.68 Å². The van der Waals surface area contributed by atoms with E-state index in [0.29, 0.717) is 17.8 Å². The highest BCUT2D eigenvalue weighted by atomic mass is 16.3. The van der Waals surface area contributed by atoms with Crippen LogP contribution in [0.15, 0.2) is 50.1 Å². The topological polar surface area (TPSA) is 118 Å². The van der Waals surface area contributed by atoms with Gasteiger partial charge in [0.15, 0.2) is 11.4 Å². The van der Waals surface area contributed by atoms with E-state index in [1.54, 1.807) is 30.8 Å². The number of benzene rings is 1. The number of unbranched alkanes of at least 4 members (excludes halogenated alkanes) is 1. The minimum atomic E-state index is -0.563. The Bertz CT molecular complexity index is 1310. The van der Waals surface area contributed by atoms with E-state index in [1.165, 1.54) is 11.6 Å². The second-order valence-corrected chi connectivity index (χ2v) is 7.20. The van der Waals surface area contributed by atoms with Crippen molar-refractivity contribution in [2.75, 3.05) is 0 Å². The van der Waals surface area contributed by atoms with E-state index in [4.69, 9.17) is 0 Å². The fourth-order valence-electron chi connectivity index (χ4n) is 3.35. The monoisotopic (exact) mass is 420 g/mol. The average Bonchev–Trinajstić information content (AvgIpc) is 2.97. The Labute approximate surface area is 179 Å². The number of rotatable bonds is 6. The van der Waals surface area contributed by atoms with Gasteiger partial charge >= 0.3 is 0 Å². The van der Waals surface area contributed by atoms with Gasteiger partial charge in [-0.3, -0.25) is 18.8 Å². The molecule has 9 heteroatoms. The summed E-state index contributed by atoms with van der Waals surface area (Å²) in [4.78, 5) is 25.5. The number of para-hydroxylation sites is 1. The van der Waals surface area contributed by atoms with Gasteiger partial charge in [0.05, 0.1) is 11.4 Å². The van der Waals surface area contributed by atoms with Crippen LogP contribution in [0.2, 0.25) is 0 Å². The van der Waals surface area contributed by atoms with Crippen molar-refractivity contribution in [2.24, 2.45) is 17.3 Å². The molecule has 0 aliphatic rings. The molecular formula is C22H24N6O3. The Morgan fingerprint density at radius 3 is 2.32 bits per heavy atom. The highest BCUT2D eigenvalue weighted by Gasteiger charge is 2.20. The highest BCUT2D eigenvalue weighted by Crippen LogP contribution is 2.32. The van der Waals surface area contributed by atoms with Crippen LogP contribution in [0.1, 0.15) is 36.6 Å². The summed E-state index contributed by atoms with van der Waals surface area (Å²) in [5.41, 5.74) is 0.552. The SMILES string of the molecule is CCCCn1c(O)c(/N=N/c2c(C)n(C)n(-c3ccccc3)c2=O)c(C)c(C#N)c1=O. The van der Waals surface area contributed by atoms with E-state index in [0.717, 1.165) is 11.0 Å². The van der Waals surface area contributed by atoms with Crippen molar-refractivity contribution in [3.63, 3.8) is 0 Å². The fourth-order valence-corrected chi connectivity index (χ4v) is 3.35. The van der Waals surface area contributed by atoms with E-state index >= 15 is 0 Å². The summed E-state index contributed by atoms with van der Waals surface area (Å²) in [6, 6.07) is 11.0. The van der Waals surface area contributed by atoms with Gasteiger partial charge in [-0.05, 0) is 32.4 Å². The van der Waals surface area contributed by atoms with Crippen molar-refractivity contribution in [1.29, 1.82) is 5.26 Å². The molecule has 0 unspecified atom stereocenters. The van der Waals surface area contributed by atoms with Crippen LogP contribution in [0.25, 0.3) is 5.69 Å². The van der Waals surface area contributed by atoms with Crippen molar-refractivity contribution >= 4 is 11.4 Å². The number of hydrogen-bond acceptors (Lipinski definition) is 6. The average molecular weight is 420 g/mol. The summed E-state index contributed by atoms with van der Waals surface area (Å²) in [7, 11) is 1.74. The lowest BCUT2D eigenvalue weighted by molar-refractivity contribution is 0.402. The molecule has 0 spiro atoms. The summed E-state index contributed by atoms with van der Waals surface area (Å²) in [5.74, 6) is -0.365. The Hall–Kier alpha value is -3.93. The first-order valence-electron chi connectivity index (χ1n) is 9.95. The number of nitriles is 1. The zero-order chi connectivity index (χ0) is 22.7. The first kappa shape index (κ1) is 21.8. The summed E-state index contributed by atoms with van der Waals surface area (Å²) in [6.45, 7) is 5.48. The summed E-state index contributed by atoms with van der Waals surface area (Å²) in [5, 5.41) is 28.3. The fraction of sp³-hybridized carbons (Fsp3) is 0.318. The molecule has 0 aliphatic carbocycles. The summed E-state index contributed by atoms with van der Waals surface area (Å²) in [6.07, 6.45) is 1.46. The Balaban J connectivity index is 2.16. The lowest BCUT2D eigenvalue weighted by Gasteiger charge is -2.12. The maximum Gasteiger partial charge on any atom is 0.299 e. The van der Waals surface area contributed by atoms with E-state index in [-0.39, 0.29) is 40.5 Å². The van der Waals surface area contributed by atoms with Crippen molar-refractivity contribution in [2.45, 2.75) is 40.2 Å². The predicted octanol–water partition coefficient (Wildman–Crippen LogP) is 3.75. The summed E-state index contributed by atoms with van der Waals surface area (Å²) >= 11 is 0. The molecule has 0 atom stereocenters. The number of pyridine rings is 1. The van der Waals surface area contributed by atoms with E-state index < -0.39 is 5.56 Å². The third-order valence-corrected chi connectivity index (χ3v) is 5.28. The van der Waals surface area contributed by atoms with Crippen LogP contribution < -0.4 is 11.1 Å². The molecule has 2 aromatic heterocycles. The molecule has 2 heterocycles. The third-order valence-electron chi connectivity index (χ3n) is 5.28. The normalized spacial score (nSPS) is 11.2. The molecule has 160 valence electrons. The van der Waals surface area contributed by atoms with Gasteiger partial charge in [0.25, 0.3) is 11.1 Å². The minimum absolute atomic E-state index is 0.00108. The zero-order valence-electron chi connectivity index (χ0n) is 18.0. The lowest BCUT2D eigenvalue weighted by atomic mass is 10.1. The molecule has 1 aromatic carbocycles. The molecule has 0 radical (unpaired) electrons. The van der Waals surface area contributed by atoms with Gasteiger partial charge < -0.3 is 5.11 Å². The zero-order valence-corrected chi connectivity index (χ0v) is 18.0. The number of hydrogen-bond donors (Lipinski definition) is 1. The van der Waals surface area contributed by atoms with E-state index in [2.05, 4.69) is 10.2 Å². The van der Waals surface area contributed by atoms with E-state index in [9.17, 15) is 20.0 Å². The maximum absolute atomic E-state index is 13.0. The van der Waals surface area contributed by atoms with Gasteiger partial charge in [0, 0.05) is 19.2 Å². The van der Waals surface area contributed by atoms with Crippen molar-refractivity contribution in [3.8, 4) is 17.6 Å². The molecular weight excluding hydrogens is 396 g/mol. The third kappa shape index (κ3) is 3.80. The number of aromatic nitrogens is 3. The van der Waals surface area contributed by atoms with Crippen molar-refractivity contribution < 1.29 is 5.11 Å². The Kier molecular flexibility index (Phi) is 6.20. The molecule has 31 heavy (non-hydrogen) atoms. The molecule has 0 fully saturated rings. The molecule has 0 bridgehead atoms. The maximum atomic E-state index is 13.0. The largest absolute Gasteiger partial charge is 0.493 e. The molecule has 0 saturated heterocycles. The number of aromatic hydroxyl groups is 1. The smallest absolute Gasteiger partial charge is 0.299 e. The number of nitrogens with zero attached hydrogens (tertiary/aromatic N) is 6. The van der Waals surface area contributed by atoms with E-state index in [1.807, 2.05) is 31.2 Å².